The van der Waals surface area contributed by atoms with Gasteiger partial charge >= 0.3 is 5.97 Å². The standard InChI is InChI=1S/C19H18ClFO5S/c20-17-9-13(21)6-7-18(17)27(24,25)15-8-12(16(10-15)19(22)23)11-26-14-4-2-1-3-5-14/h1-7,9,12,15-16H,8,10-11H2,(H,22,23)/t12-,15-,16+/m0/s1. The highest BCUT2D eigenvalue weighted by Crippen LogP contribution is 2.40. The quantitative estimate of drug-likeness (QED) is 0.729. The summed E-state index contributed by atoms with van der Waals surface area (Å²) in [6.45, 7) is 0.101. The molecule has 2 aromatic carbocycles. The molecule has 3 rings (SSSR count). The van der Waals surface area contributed by atoms with Gasteiger partial charge in [-0.25, -0.2) is 12.8 Å². The fraction of sp³-hybridized carbons (Fsp3) is 0.316. The van der Waals surface area contributed by atoms with Crippen molar-refractivity contribution in [3.05, 3.63) is 59.4 Å². The van der Waals surface area contributed by atoms with E-state index in [9.17, 15) is 22.7 Å². The van der Waals surface area contributed by atoms with Gasteiger partial charge in [0.1, 0.15) is 11.6 Å². The SMILES string of the molecule is O=C(O)[C@@H]1C[C@@H](S(=O)(=O)c2ccc(F)cc2Cl)C[C@H]1COc1ccccc1. The first-order valence-electron chi connectivity index (χ1n) is 8.38. The van der Waals surface area contributed by atoms with E-state index in [-0.39, 0.29) is 29.4 Å². The van der Waals surface area contributed by atoms with E-state index in [1.807, 2.05) is 6.07 Å². The van der Waals surface area contributed by atoms with E-state index >= 15 is 0 Å². The Hall–Kier alpha value is -2.12. The second-order valence-corrected chi connectivity index (χ2v) is 9.15. The smallest absolute Gasteiger partial charge is 0.306 e. The molecule has 0 saturated heterocycles. The average molecular weight is 413 g/mol. The number of benzene rings is 2. The lowest BCUT2D eigenvalue weighted by Crippen LogP contribution is -2.23. The Bertz CT molecular complexity index is 932. The second-order valence-electron chi connectivity index (χ2n) is 6.54. The fourth-order valence-electron chi connectivity index (χ4n) is 3.42. The molecule has 27 heavy (non-hydrogen) atoms. The number of carboxylic acids is 1. The third-order valence-electron chi connectivity index (χ3n) is 4.82. The maximum atomic E-state index is 13.2. The molecule has 144 valence electrons. The van der Waals surface area contributed by atoms with Crippen LogP contribution in [-0.2, 0) is 14.6 Å². The van der Waals surface area contributed by atoms with Gasteiger partial charge in [-0.3, -0.25) is 4.79 Å². The molecule has 2 aromatic rings. The summed E-state index contributed by atoms with van der Waals surface area (Å²) in [5.74, 6) is -2.40. The van der Waals surface area contributed by atoms with E-state index in [1.54, 1.807) is 24.3 Å². The minimum absolute atomic E-state index is 0.0335. The Labute approximate surface area is 161 Å². The molecule has 0 aromatic heterocycles. The van der Waals surface area contributed by atoms with Crippen LogP contribution in [0.5, 0.6) is 5.75 Å². The van der Waals surface area contributed by atoms with Crippen LogP contribution in [0.2, 0.25) is 5.02 Å². The predicted octanol–water partition coefficient (Wildman–Crippen LogP) is 3.81. The van der Waals surface area contributed by atoms with Crippen LogP contribution in [-0.4, -0.2) is 31.4 Å². The first-order chi connectivity index (χ1) is 12.8. The first-order valence-corrected chi connectivity index (χ1v) is 10.3. The Morgan fingerprint density at radius 2 is 1.89 bits per heavy atom. The van der Waals surface area contributed by atoms with Crippen molar-refractivity contribution in [1.82, 2.24) is 0 Å². The molecular weight excluding hydrogens is 395 g/mol. The van der Waals surface area contributed by atoms with Crippen LogP contribution in [0.1, 0.15) is 12.8 Å². The normalized spacial score (nSPS) is 22.5. The number of halogens is 2. The topological polar surface area (TPSA) is 80.7 Å². The molecule has 0 spiro atoms. The van der Waals surface area contributed by atoms with Gasteiger partial charge in [-0.15, -0.1) is 0 Å². The molecule has 1 aliphatic carbocycles. The monoisotopic (exact) mass is 412 g/mol. The van der Waals surface area contributed by atoms with Crippen LogP contribution in [0, 0.1) is 17.7 Å². The summed E-state index contributed by atoms with van der Waals surface area (Å²) in [6.07, 6.45) is 0.105. The van der Waals surface area contributed by atoms with Crippen molar-refractivity contribution in [3.8, 4) is 5.75 Å². The molecule has 1 fully saturated rings. The molecule has 1 saturated carbocycles. The summed E-state index contributed by atoms with van der Waals surface area (Å²) >= 11 is 5.91. The zero-order valence-electron chi connectivity index (χ0n) is 14.2. The lowest BCUT2D eigenvalue weighted by Gasteiger charge is -2.16. The maximum absolute atomic E-state index is 13.2. The highest BCUT2D eigenvalue weighted by atomic mass is 35.5. The van der Waals surface area contributed by atoms with Gasteiger partial charge in [0.25, 0.3) is 0 Å². The third kappa shape index (κ3) is 4.25. The van der Waals surface area contributed by atoms with Crippen molar-refractivity contribution >= 4 is 27.4 Å². The first kappa shape index (κ1) is 19.6. The number of hydrogen-bond donors (Lipinski definition) is 1. The number of aliphatic carboxylic acids is 1. The summed E-state index contributed by atoms with van der Waals surface area (Å²) in [6, 6.07) is 12.0. The van der Waals surface area contributed by atoms with Crippen molar-refractivity contribution < 1.29 is 27.4 Å². The summed E-state index contributed by atoms with van der Waals surface area (Å²) in [4.78, 5) is 11.4. The fourth-order valence-corrected chi connectivity index (χ4v) is 5.82. The molecule has 5 nitrogen and oxygen atoms in total. The van der Waals surface area contributed by atoms with Crippen LogP contribution in [0.15, 0.2) is 53.4 Å². The number of para-hydroxylation sites is 1. The van der Waals surface area contributed by atoms with Gasteiger partial charge in [-0.2, -0.15) is 0 Å². The molecule has 0 radical (unpaired) electrons. The van der Waals surface area contributed by atoms with Crippen molar-refractivity contribution in [3.63, 3.8) is 0 Å². The molecular formula is C19H18ClFO5S. The van der Waals surface area contributed by atoms with Crippen molar-refractivity contribution in [1.29, 1.82) is 0 Å². The number of rotatable bonds is 6. The van der Waals surface area contributed by atoms with Crippen molar-refractivity contribution in [2.24, 2.45) is 11.8 Å². The van der Waals surface area contributed by atoms with Crippen molar-refractivity contribution in [2.75, 3.05) is 6.61 Å². The minimum atomic E-state index is -3.89. The molecule has 0 unspecified atom stereocenters. The summed E-state index contributed by atoms with van der Waals surface area (Å²) < 4.78 is 44.7. The minimum Gasteiger partial charge on any atom is -0.493 e. The van der Waals surface area contributed by atoms with Crippen LogP contribution >= 0.6 is 11.6 Å². The maximum Gasteiger partial charge on any atom is 0.306 e. The zero-order chi connectivity index (χ0) is 19.6. The van der Waals surface area contributed by atoms with Gasteiger partial charge in [-0.05, 0) is 43.2 Å². The average Bonchev–Trinajstić information content (AvgIpc) is 3.06. The van der Waals surface area contributed by atoms with E-state index in [0.29, 0.717) is 5.75 Å². The van der Waals surface area contributed by atoms with E-state index in [2.05, 4.69) is 0 Å². The van der Waals surface area contributed by atoms with E-state index in [0.717, 1.165) is 18.2 Å². The van der Waals surface area contributed by atoms with Crippen LogP contribution < -0.4 is 4.74 Å². The van der Waals surface area contributed by atoms with E-state index < -0.39 is 38.7 Å². The molecule has 0 amide bonds. The van der Waals surface area contributed by atoms with Gasteiger partial charge in [0.2, 0.25) is 0 Å². The van der Waals surface area contributed by atoms with Gasteiger partial charge in [0, 0.05) is 5.92 Å². The lowest BCUT2D eigenvalue weighted by molar-refractivity contribution is -0.143. The van der Waals surface area contributed by atoms with Crippen molar-refractivity contribution in [2.45, 2.75) is 23.0 Å². The highest BCUT2D eigenvalue weighted by Gasteiger charge is 2.45. The van der Waals surface area contributed by atoms with Gasteiger partial charge in [0.15, 0.2) is 9.84 Å². The van der Waals surface area contributed by atoms with Gasteiger partial charge in [-0.1, -0.05) is 29.8 Å². The largest absolute Gasteiger partial charge is 0.493 e. The summed E-state index contributed by atoms with van der Waals surface area (Å²) in [5, 5.41) is 8.39. The third-order valence-corrected chi connectivity index (χ3v) is 7.47. The Kier molecular flexibility index (Phi) is 5.72. The summed E-state index contributed by atoms with van der Waals surface area (Å²) in [5.41, 5.74) is 0. The molecule has 1 N–H and O–H groups in total. The summed E-state index contributed by atoms with van der Waals surface area (Å²) in [7, 11) is -3.89. The zero-order valence-corrected chi connectivity index (χ0v) is 15.8. The molecule has 0 heterocycles. The Morgan fingerprint density at radius 1 is 1.19 bits per heavy atom. The van der Waals surface area contributed by atoms with Crippen LogP contribution in [0.3, 0.4) is 0 Å². The number of carboxylic acid groups (broad SMARTS) is 1. The number of ether oxygens (including phenoxy) is 1. The van der Waals surface area contributed by atoms with Crippen LogP contribution in [0.4, 0.5) is 4.39 Å². The molecule has 3 atom stereocenters. The molecule has 1 aliphatic rings. The molecule has 0 aliphatic heterocycles. The van der Waals surface area contributed by atoms with E-state index in [1.165, 1.54) is 0 Å². The Balaban J connectivity index is 1.80. The number of hydrogen-bond acceptors (Lipinski definition) is 4. The van der Waals surface area contributed by atoms with Crippen LogP contribution in [0.25, 0.3) is 0 Å². The Morgan fingerprint density at radius 3 is 2.52 bits per heavy atom. The second kappa shape index (κ2) is 7.86. The van der Waals surface area contributed by atoms with Gasteiger partial charge < -0.3 is 9.84 Å². The lowest BCUT2D eigenvalue weighted by atomic mass is 9.97. The predicted molar refractivity (Wildman–Crippen MR) is 98.2 cm³/mol. The number of sulfone groups is 1. The van der Waals surface area contributed by atoms with E-state index in [4.69, 9.17) is 16.3 Å². The highest BCUT2D eigenvalue weighted by molar-refractivity contribution is 7.92. The molecule has 0 bridgehead atoms. The number of carbonyl (C=O) groups is 1. The molecule has 8 heteroatoms. The van der Waals surface area contributed by atoms with Gasteiger partial charge in [0.05, 0.1) is 27.7 Å².